The summed E-state index contributed by atoms with van der Waals surface area (Å²) in [5.74, 6) is 0.571. The molecule has 2 aromatic rings. The van der Waals surface area contributed by atoms with E-state index in [1.807, 2.05) is 48.5 Å². The molecule has 1 atom stereocenters. The van der Waals surface area contributed by atoms with Crippen LogP contribution in [-0.4, -0.2) is 50.3 Å². The Labute approximate surface area is 171 Å². The second kappa shape index (κ2) is 10.5. The minimum Gasteiger partial charge on any atom is -0.484 e. The van der Waals surface area contributed by atoms with Gasteiger partial charge in [0.1, 0.15) is 5.75 Å². The van der Waals surface area contributed by atoms with Gasteiger partial charge in [0.25, 0.3) is 5.91 Å². The number of benzene rings is 2. The second-order valence-corrected chi connectivity index (χ2v) is 7.24. The predicted molar refractivity (Wildman–Crippen MR) is 111 cm³/mol. The zero-order chi connectivity index (χ0) is 19.8. The summed E-state index contributed by atoms with van der Waals surface area (Å²) in [6, 6.07) is 15.7. The van der Waals surface area contributed by atoms with Crippen LogP contribution < -0.4 is 10.1 Å². The Morgan fingerprint density at radius 1 is 1.14 bits per heavy atom. The number of rotatable bonds is 8. The molecular formula is C22H27ClN2O3. The van der Waals surface area contributed by atoms with E-state index in [9.17, 15) is 4.79 Å². The van der Waals surface area contributed by atoms with Crippen LogP contribution in [0, 0.1) is 0 Å². The lowest BCUT2D eigenvalue weighted by Gasteiger charge is -2.35. The highest BCUT2D eigenvalue weighted by Gasteiger charge is 2.23. The first-order chi connectivity index (χ1) is 13.7. The molecule has 0 unspecified atom stereocenters. The molecule has 0 spiro atoms. The van der Waals surface area contributed by atoms with E-state index in [0.717, 1.165) is 25.1 Å². The molecule has 0 radical (unpaired) electrons. The molecule has 5 nitrogen and oxygen atoms in total. The predicted octanol–water partition coefficient (Wildman–Crippen LogP) is 3.47. The normalized spacial score (nSPS) is 15.8. The maximum absolute atomic E-state index is 12.3. The molecule has 0 bridgehead atoms. The third kappa shape index (κ3) is 5.96. The number of hydrogen-bond acceptors (Lipinski definition) is 4. The molecule has 0 saturated carbocycles. The molecule has 0 aromatic heterocycles. The van der Waals surface area contributed by atoms with E-state index in [2.05, 4.69) is 17.1 Å². The number of morpholine rings is 1. The average molecular weight is 403 g/mol. The number of amides is 1. The van der Waals surface area contributed by atoms with Crippen LogP contribution in [0.15, 0.2) is 48.5 Å². The van der Waals surface area contributed by atoms with Gasteiger partial charge < -0.3 is 14.8 Å². The van der Waals surface area contributed by atoms with Crippen molar-refractivity contribution in [1.82, 2.24) is 10.2 Å². The van der Waals surface area contributed by atoms with Gasteiger partial charge in [-0.15, -0.1) is 0 Å². The van der Waals surface area contributed by atoms with Gasteiger partial charge in [0, 0.05) is 24.7 Å². The molecule has 2 aromatic carbocycles. The molecule has 1 amide bonds. The maximum Gasteiger partial charge on any atom is 0.258 e. The van der Waals surface area contributed by atoms with Gasteiger partial charge >= 0.3 is 0 Å². The fourth-order valence-corrected chi connectivity index (χ4v) is 3.39. The van der Waals surface area contributed by atoms with Crippen molar-refractivity contribution >= 4 is 17.5 Å². The number of nitrogens with one attached hydrogen (secondary N) is 1. The summed E-state index contributed by atoms with van der Waals surface area (Å²) in [6.45, 7) is 5.70. The van der Waals surface area contributed by atoms with Gasteiger partial charge in [-0.2, -0.15) is 0 Å². The molecule has 28 heavy (non-hydrogen) atoms. The molecule has 150 valence electrons. The van der Waals surface area contributed by atoms with Crippen LogP contribution in [0.5, 0.6) is 5.75 Å². The van der Waals surface area contributed by atoms with Crippen LogP contribution in [0.2, 0.25) is 5.02 Å². The van der Waals surface area contributed by atoms with E-state index in [1.54, 1.807) is 0 Å². The second-order valence-electron chi connectivity index (χ2n) is 6.81. The average Bonchev–Trinajstić information content (AvgIpc) is 2.75. The van der Waals surface area contributed by atoms with Gasteiger partial charge in [-0.25, -0.2) is 0 Å². The molecule has 1 aliphatic heterocycles. The molecule has 3 rings (SSSR count). The number of carbonyl (C=O) groups excluding carboxylic acids is 1. The zero-order valence-corrected chi connectivity index (χ0v) is 17.0. The maximum atomic E-state index is 12.3. The van der Waals surface area contributed by atoms with E-state index >= 15 is 0 Å². The monoisotopic (exact) mass is 402 g/mol. The van der Waals surface area contributed by atoms with Crippen molar-refractivity contribution in [3.63, 3.8) is 0 Å². The Morgan fingerprint density at radius 2 is 1.82 bits per heavy atom. The summed E-state index contributed by atoms with van der Waals surface area (Å²) in [4.78, 5) is 14.6. The van der Waals surface area contributed by atoms with Crippen molar-refractivity contribution in [1.29, 1.82) is 0 Å². The summed E-state index contributed by atoms with van der Waals surface area (Å²) in [5, 5.41) is 3.71. The highest BCUT2D eigenvalue weighted by molar-refractivity contribution is 6.30. The number of hydrogen-bond donors (Lipinski definition) is 1. The smallest absolute Gasteiger partial charge is 0.258 e. The standard InChI is InChI=1S/C22H27ClN2O3/c1-2-17-3-9-20(10-4-17)28-16-22(26)24-15-21(25-11-13-27-14-12-25)18-5-7-19(23)8-6-18/h3-10,21H,2,11-16H2,1H3,(H,24,26)/t21-/m1/s1. The SMILES string of the molecule is CCc1ccc(OCC(=O)NC[C@H](c2ccc(Cl)cc2)N2CCOCC2)cc1. The summed E-state index contributed by atoms with van der Waals surface area (Å²) in [7, 11) is 0. The topological polar surface area (TPSA) is 50.8 Å². The Hall–Kier alpha value is -2.08. The van der Waals surface area contributed by atoms with Gasteiger partial charge in [-0.3, -0.25) is 9.69 Å². The van der Waals surface area contributed by atoms with Crippen LogP contribution in [0.4, 0.5) is 0 Å². The van der Waals surface area contributed by atoms with Gasteiger partial charge in [-0.1, -0.05) is 42.8 Å². The van der Waals surface area contributed by atoms with Gasteiger partial charge in [0.05, 0.1) is 19.3 Å². The summed E-state index contributed by atoms with van der Waals surface area (Å²) in [5.41, 5.74) is 2.37. The fraction of sp³-hybridized carbons (Fsp3) is 0.409. The lowest BCUT2D eigenvalue weighted by molar-refractivity contribution is -0.123. The Bertz CT molecular complexity index is 743. The van der Waals surface area contributed by atoms with E-state index < -0.39 is 0 Å². The highest BCUT2D eigenvalue weighted by atomic mass is 35.5. The summed E-state index contributed by atoms with van der Waals surface area (Å²) >= 11 is 6.03. The molecule has 1 N–H and O–H groups in total. The first kappa shape index (κ1) is 20.6. The third-order valence-corrected chi connectivity index (χ3v) is 5.19. The van der Waals surface area contributed by atoms with Crippen molar-refractivity contribution in [2.24, 2.45) is 0 Å². The quantitative estimate of drug-likeness (QED) is 0.734. The van der Waals surface area contributed by atoms with Crippen molar-refractivity contribution < 1.29 is 14.3 Å². The van der Waals surface area contributed by atoms with Crippen LogP contribution in [0.1, 0.15) is 24.1 Å². The summed E-state index contributed by atoms with van der Waals surface area (Å²) in [6.07, 6.45) is 0.981. The van der Waals surface area contributed by atoms with E-state index in [1.165, 1.54) is 5.56 Å². The minimum absolute atomic E-state index is 0.00191. The van der Waals surface area contributed by atoms with E-state index in [-0.39, 0.29) is 18.6 Å². The molecule has 1 heterocycles. The van der Waals surface area contributed by atoms with Crippen molar-refractivity contribution in [2.75, 3.05) is 39.5 Å². The van der Waals surface area contributed by atoms with Gasteiger partial charge in [-0.05, 0) is 41.8 Å². The lowest BCUT2D eigenvalue weighted by Crippen LogP contribution is -2.44. The number of halogens is 1. The Balaban J connectivity index is 1.55. The van der Waals surface area contributed by atoms with E-state index in [0.29, 0.717) is 30.5 Å². The first-order valence-corrected chi connectivity index (χ1v) is 10.1. The van der Waals surface area contributed by atoms with Crippen LogP contribution in [-0.2, 0) is 16.0 Å². The van der Waals surface area contributed by atoms with Gasteiger partial charge in [0.2, 0.25) is 0 Å². The van der Waals surface area contributed by atoms with Crippen LogP contribution >= 0.6 is 11.6 Å². The van der Waals surface area contributed by atoms with E-state index in [4.69, 9.17) is 21.1 Å². The zero-order valence-electron chi connectivity index (χ0n) is 16.2. The number of carbonyl (C=O) groups is 1. The molecule has 1 aliphatic rings. The molecular weight excluding hydrogens is 376 g/mol. The number of ether oxygens (including phenoxy) is 2. The van der Waals surface area contributed by atoms with Crippen molar-refractivity contribution in [2.45, 2.75) is 19.4 Å². The van der Waals surface area contributed by atoms with Crippen molar-refractivity contribution in [3.05, 3.63) is 64.7 Å². The third-order valence-electron chi connectivity index (χ3n) is 4.94. The van der Waals surface area contributed by atoms with Gasteiger partial charge in [0.15, 0.2) is 6.61 Å². The number of aryl methyl sites for hydroxylation is 1. The fourth-order valence-electron chi connectivity index (χ4n) is 3.26. The molecule has 1 saturated heterocycles. The summed E-state index contributed by atoms with van der Waals surface area (Å²) < 4.78 is 11.1. The van der Waals surface area contributed by atoms with Crippen molar-refractivity contribution in [3.8, 4) is 5.75 Å². The number of nitrogens with zero attached hydrogens (tertiary/aromatic N) is 1. The molecule has 1 fully saturated rings. The first-order valence-electron chi connectivity index (χ1n) is 9.71. The molecule has 0 aliphatic carbocycles. The molecule has 6 heteroatoms. The lowest BCUT2D eigenvalue weighted by atomic mass is 10.0. The Morgan fingerprint density at radius 3 is 2.46 bits per heavy atom. The van der Waals surface area contributed by atoms with Crippen LogP contribution in [0.3, 0.4) is 0 Å². The Kier molecular flexibility index (Phi) is 7.71. The largest absolute Gasteiger partial charge is 0.484 e. The van der Waals surface area contributed by atoms with Crippen LogP contribution in [0.25, 0.3) is 0 Å². The minimum atomic E-state index is -0.133. The highest BCUT2D eigenvalue weighted by Crippen LogP contribution is 2.23.